The molecule has 1 aromatic heterocycles. The third kappa shape index (κ3) is 3.45. The molecule has 0 atom stereocenters. The largest absolute Gasteiger partial charge is 0.437 e. The van der Waals surface area contributed by atoms with Crippen LogP contribution in [0.5, 0.6) is 11.6 Å². The molecule has 2 aromatic rings. The van der Waals surface area contributed by atoms with Gasteiger partial charge in [-0.05, 0) is 52.0 Å². The van der Waals surface area contributed by atoms with Crippen LogP contribution in [0.1, 0.15) is 30.9 Å². The van der Waals surface area contributed by atoms with E-state index in [1.807, 2.05) is 19.1 Å². The smallest absolute Gasteiger partial charge is 0.238 e. The van der Waals surface area contributed by atoms with Gasteiger partial charge >= 0.3 is 0 Å². The molecule has 0 aliphatic heterocycles. The first-order chi connectivity index (χ1) is 9.93. The molecular weight excluding hydrogens is 356 g/mol. The highest BCUT2D eigenvalue weighted by Gasteiger charge is 2.14. The fraction of sp³-hybridized carbons (Fsp3) is 0.286. The van der Waals surface area contributed by atoms with Gasteiger partial charge in [0.2, 0.25) is 5.88 Å². The Kier molecular flexibility index (Phi) is 5.03. The van der Waals surface area contributed by atoms with E-state index in [4.69, 9.17) is 22.2 Å². The number of nitrogens with two attached hydrogens (primary N) is 1. The Morgan fingerprint density at radius 1 is 1.33 bits per heavy atom. The average Bonchev–Trinajstić information content (AvgIpc) is 2.43. The molecule has 1 aromatic carbocycles. The van der Waals surface area contributed by atoms with Crippen LogP contribution in [0.4, 0.5) is 5.82 Å². The van der Waals surface area contributed by atoms with E-state index in [-0.39, 0.29) is 0 Å². The second-order valence-corrected chi connectivity index (χ2v) is 6.08. The van der Waals surface area contributed by atoms with Crippen LogP contribution in [-0.4, -0.2) is 9.97 Å². The molecule has 112 valence electrons. The summed E-state index contributed by atoms with van der Waals surface area (Å²) in [5.74, 6) is 7.23. The van der Waals surface area contributed by atoms with Gasteiger partial charge in [0.15, 0.2) is 5.82 Å². The van der Waals surface area contributed by atoms with Crippen molar-refractivity contribution in [3.05, 3.63) is 39.1 Å². The van der Waals surface area contributed by atoms with Crippen molar-refractivity contribution in [1.82, 2.24) is 9.97 Å². The Labute approximate surface area is 137 Å². The normalized spacial score (nSPS) is 10.8. The molecule has 2 rings (SSSR count). The lowest BCUT2D eigenvalue weighted by Gasteiger charge is -2.15. The fourth-order valence-corrected chi connectivity index (χ4v) is 2.69. The SMILES string of the molecule is Cc1cc(Cl)c(C(C)C)cc1Oc1ncnc(NN)c1Br. The summed E-state index contributed by atoms with van der Waals surface area (Å²) in [5.41, 5.74) is 4.43. The summed E-state index contributed by atoms with van der Waals surface area (Å²) in [7, 11) is 0. The number of aromatic nitrogens is 2. The highest BCUT2D eigenvalue weighted by atomic mass is 79.9. The summed E-state index contributed by atoms with van der Waals surface area (Å²) >= 11 is 9.63. The number of hydrogen-bond acceptors (Lipinski definition) is 5. The Morgan fingerprint density at radius 2 is 2.05 bits per heavy atom. The number of anilines is 1. The van der Waals surface area contributed by atoms with Crippen LogP contribution in [0.25, 0.3) is 0 Å². The molecule has 0 fully saturated rings. The van der Waals surface area contributed by atoms with Gasteiger partial charge in [-0.1, -0.05) is 25.4 Å². The quantitative estimate of drug-likeness (QED) is 0.615. The van der Waals surface area contributed by atoms with E-state index in [0.717, 1.165) is 16.1 Å². The molecule has 1 heterocycles. The number of ether oxygens (including phenoxy) is 1. The summed E-state index contributed by atoms with van der Waals surface area (Å²) in [5, 5.41) is 0.737. The van der Waals surface area contributed by atoms with E-state index >= 15 is 0 Å². The van der Waals surface area contributed by atoms with Gasteiger partial charge < -0.3 is 10.2 Å². The van der Waals surface area contributed by atoms with Crippen LogP contribution < -0.4 is 16.0 Å². The fourth-order valence-electron chi connectivity index (χ4n) is 1.85. The third-order valence-electron chi connectivity index (χ3n) is 3.02. The number of halogens is 2. The number of hydrogen-bond donors (Lipinski definition) is 2. The summed E-state index contributed by atoms with van der Waals surface area (Å²) in [6.07, 6.45) is 1.38. The molecule has 0 amide bonds. The number of aryl methyl sites for hydroxylation is 1. The molecule has 0 saturated carbocycles. The van der Waals surface area contributed by atoms with Crippen LogP contribution in [-0.2, 0) is 0 Å². The van der Waals surface area contributed by atoms with Gasteiger partial charge in [0, 0.05) is 5.02 Å². The Morgan fingerprint density at radius 3 is 2.67 bits per heavy atom. The Balaban J connectivity index is 2.42. The second-order valence-electron chi connectivity index (χ2n) is 4.88. The summed E-state index contributed by atoms with van der Waals surface area (Å²) in [6.45, 7) is 6.09. The van der Waals surface area contributed by atoms with Crippen molar-refractivity contribution in [3.8, 4) is 11.6 Å². The van der Waals surface area contributed by atoms with Crippen LogP contribution in [0, 0.1) is 6.92 Å². The minimum atomic E-state index is 0.301. The molecule has 0 bridgehead atoms. The Bertz CT molecular complexity index is 664. The highest BCUT2D eigenvalue weighted by Crippen LogP contribution is 2.36. The number of nitrogens with one attached hydrogen (secondary N) is 1. The number of rotatable bonds is 4. The lowest BCUT2D eigenvalue weighted by Crippen LogP contribution is -2.10. The first-order valence-corrected chi connectivity index (χ1v) is 7.56. The van der Waals surface area contributed by atoms with Crippen molar-refractivity contribution < 1.29 is 4.74 Å². The first kappa shape index (κ1) is 16.0. The molecule has 7 heteroatoms. The van der Waals surface area contributed by atoms with Crippen molar-refractivity contribution in [2.24, 2.45) is 5.84 Å². The van der Waals surface area contributed by atoms with Gasteiger partial charge in [-0.15, -0.1) is 0 Å². The van der Waals surface area contributed by atoms with Gasteiger partial charge in [-0.25, -0.2) is 15.8 Å². The van der Waals surface area contributed by atoms with Crippen LogP contribution in [0.15, 0.2) is 22.9 Å². The third-order valence-corrected chi connectivity index (χ3v) is 4.06. The Hall–Kier alpha value is -1.37. The van der Waals surface area contributed by atoms with Crippen molar-refractivity contribution in [3.63, 3.8) is 0 Å². The maximum atomic E-state index is 6.26. The monoisotopic (exact) mass is 370 g/mol. The van der Waals surface area contributed by atoms with Gasteiger partial charge in [-0.3, -0.25) is 0 Å². The summed E-state index contributed by atoms with van der Waals surface area (Å²) in [4.78, 5) is 8.10. The predicted octanol–water partition coefficient (Wildman–Crippen LogP) is 4.40. The van der Waals surface area contributed by atoms with Gasteiger partial charge in [0.1, 0.15) is 16.5 Å². The topological polar surface area (TPSA) is 73.1 Å². The number of nitrogen functional groups attached to an aromatic ring is 1. The van der Waals surface area contributed by atoms with E-state index in [1.165, 1.54) is 6.33 Å². The second kappa shape index (κ2) is 6.60. The minimum Gasteiger partial charge on any atom is -0.437 e. The number of benzene rings is 1. The molecule has 0 aliphatic rings. The minimum absolute atomic E-state index is 0.301. The van der Waals surface area contributed by atoms with Crippen molar-refractivity contribution in [2.45, 2.75) is 26.7 Å². The zero-order valence-corrected chi connectivity index (χ0v) is 14.3. The van der Waals surface area contributed by atoms with Gasteiger partial charge in [0.05, 0.1) is 0 Å². The highest BCUT2D eigenvalue weighted by molar-refractivity contribution is 9.10. The number of nitrogens with zero attached hydrogens (tertiary/aromatic N) is 2. The molecule has 5 nitrogen and oxygen atoms in total. The predicted molar refractivity (Wildman–Crippen MR) is 87.9 cm³/mol. The molecule has 3 N–H and O–H groups in total. The van der Waals surface area contributed by atoms with Crippen LogP contribution in [0.2, 0.25) is 5.02 Å². The van der Waals surface area contributed by atoms with Crippen molar-refractivity contribution in [2.75, 3.05) is 5.43 Å². The van der Waals surface area contributed by atoms with Gasteiger partial charge in [-0.2, -0.15) is 0 Å². The molecule has 0 radical (unpaired) electrons. The molecular formula is C14H16BrClN4O. The lowest BCUT2D eigenvalue weighted by atomic mass is 10.0. The van der Waals surface area contributed by atoms with E-state index in [9.17, 15) is 0 Å². The summed E-state index contributed by atoms with van der Waals surface area (Å²) in [6, 6.07) is 3.83. The average molecular weight is 372 g/mol. The maximum absolute atomic E-state index is 6.26. The van der Waals surface area contributed by atoms with E-state index < -0.39 is 0 Å². The van der Waals surface area contributed by atoms with Gasteiger partial charge in [0.25, 0.3) is 0 Å². The van der Waals surface area contributed by atoms with Crippen LogP contribution in [0.3, 0.4) is 0 Å². The lowest BCUT2D eigenvalue weighted by molar-refractivity contribution is 0.454. The van der Waals surface area contributed by atoms with E-state index in [2.05, 4.69) is 45.2 Å². The molecule has 0 unspecified atom stereocenters. The molecule has 0 spiro atoms. The molecule has 0 aliphatic carbocycles. The maximum Gasteiger partial charge on any atom is 0.238 e. The van der Waals surface area contributed by atoms with Crippen molar-refractivity contribution in [1.29, 1.82) is 0 Å². The first-order valence-electron chi connectivity index (χ1n) is 6.39. The van der Waals surface area contributed by atoms with E-state index in [0.29, 0.717) is 27.8 Å². The number of hydrazine groups is 1. The standard InChI is InChI=1S/C14H16BrClN4O/c1-7(2)9-5-11(8(3)4-10(9)16)21-14-12(15)13(20-17)18-6-19-14/h4-7H,17H2,1-3H3,(H,18,19,20). The van der Waals surface area contributed by atoms with Crippen LogP contribution >= 0.6 is 27.5 Å². The molecule has 0 saturated heterocycles. The zero-order valence-electron chi connectivity index (χ0n) is 11.9. The van der Waals surface area contributed by atoms with E-state index in [1.54, 1.807) is 0 Å². The van der Waals surface area contributed by atoms with Crippen molar-refractivity contribution >= 4 is 33.3 Å². The zero-order chi connectivity index (χ0) is 15.6. The summed E-state index contributed by atoms with van der Waals surface area (Å²) < 4.78 is 6.44. The molecule has 21 heavy (non-hydrogen) atoms.